The molecule has 0 aliphatic carbocycles. The second-order valence-corrected chi connectivity index (χ2v) is 7.49. The third-order valence-corrected chi connectivity index (χ3v) is 4.59. The molecule has 2 aromatic rings. The maximum absolute atomic E-state index is 12.5. The Morgan fingerprint density at radius 3 is 2.19 bits per heavy atom. The maximum atomic E-state index is 12.5. The zero-order valence-corrected chi connectivity index (χ0v) is 14.5. The quantitative estimate of drug-likeness (QED) is 0.826. The van der Waals surface area contributed by atoms with Crippen LogP contribution in [0.15, 0.2) is 48.8 Å². The van der Waals surface area contributed by atoms with E-state index >= 15 is 0 Å². The van der Waals surface area contributed by atoms with Gasteiger partial charge >= 0.3 is 6.18 Å². The molecular formula is C16H16F3N3O3S. The monoisotopic (exact) mass is 387 g/mol. The molecule has 140 valence electrons. The van der Waals surface area contributed by atoms with E-state index < -0.39 is 34.2 Å². The highest BCUT2D eigenvalue weighted by atomic mass is 32.2. The average molecular weight is 387 g/mol. The van der Waals surface area contributed by atoms with Gasteiger partial charge in [0.15, 0.2) is 0 Å². The first kappa shape index (κ1) is 19.9. The van der Waals surface area contributed by atoms with Crippen molar-refractivity contribution in [3.8, 4) is 0 Å². The first-order valence-corrected chi connectivity index (χ1v) is 9.21. The fourth-order valence-corrected chi connectivity index (χ4v) is 2.82. The Hall–Kier alpha value is -2.46. The van der Waals surface area contributed by atoms with Crippen LogP contribution in [0.25, 0.3) is 0 Å². The smallest absolute Gasteiger partial charge is 0.325 e. The van der Waals surface area contributed by atoms with Gasteiger partial charge in [-0.2, -0.15) is 17.5 Å². The molecule has 0 spiro atoms. The van der Waals surface area contributed by atoms with Gasteiger partial charge in [-0.15, -0.1) is 0 Å². The molecule has 1 amide bonds. The number of nitrogens with zero attached hydrogens (tertiary/aromatic N) is 2. The number of hydrogen-bond acceptors (Lipinski definition) is 4. The van der Waals surface area contributed by atoms with Gasteiger partial charge in [-0.25, -0.2) is 8.42 Å². The molecule has 1 N–H and O–H groups in total. The molecule has 0 atom stereocenters. The lowest BCUT2D eigenvalue weighted by molar-refractivity contribution is -0.137. The van der Waals surface area contributed by atoms with Crippen LogP contribution in [-0.2, 0) is 27.5 Å². The van der Waals surface area contributed by atoms with Gasteiger partial charge in [0, 0.05) is 24.6 Å². The van der Waals surface area contributed by atoms with Crippen molar-refractivity contribution in [2.45, 2.75) is 12.7 Å². The predicted molar refractivity (Wildman–Crippen MR) is 89.6 cm³/mol. The van der Waals surface area contributed by atoms with Crippen molar-refractivity contribution in [2.24, 2.45) is 0 Å². The van der Waals surface area contributed by atoms with E-state index in [0.29, 0.717) is 5.56 Å². The summed E-state index contributed by atoms with van der Waals surface area (Å²) >= 11 is 0. The predicted octanol–water partition coefficient (Wildman–Crippen LogP) is 2.50. The van der Waals surface area contributed by atoms with E-state index in [1.165, 1.54) is 12.4 Å². The largest absolute Gasteiger partial charge is 0.416 e. The number of halogens is 3. The summed E-state index contributed by atoms with van der Waals surface area (Å²) in [6.45, 7) is -0.496. The van der Waals surface area contributed by atoms with Crippen LogP contribution in [-0.4, -0.2) is 36.4 Å². The Kier molecular flexibility index (Phi) is 5.98. The van der Waals surface area contributed by atoms with E-state index in [-0.39, 0.29) is 12.2 Å². The lowest BCUT2D eigenvalue weighted by atomic mass is 10.2. The highest BCUT2D eigenvalue weighted by molar-refractivity contribution is 7.88. The molecule has 6 nitrogen and oxygen atoms in total. The Bertz CT molecular complexity index is 854. The van der Waals surface area contributed by atoms with Gasteiger partial charge in [-0.1, -0.05) is 0 Å². The molecule has 1 heterocycles. The molecule has 0 unspecified atom stereocenters. The number of aromatic nitrogens is 1. The van der Waals surface area contributed by atoms with Crippen molar-refractivity contribution in [1.82, 2.24) is 9.29 Å². The zero-order valence-electron chi connectivity index (χ0n) is 13.7. The standard InChI is InChI=1S/C16H16F3N3O3S/c1-26(24,25)22(10-12-6-8-20-9-7-12)11-15(23)21-14-4-2-13(3-5-14)16(17,18)19/h2-9H,10-11H2,1H3,(H,21,23). The number of amides is 1. The van der Waals surface area contributed by atoms with Gasteiger partial charge in [0.2, 0.25) is 15.9 Å². The fraction of sp³-hybridized carbons (Fsp3) is 0.250. The average Bonchev–Trinajstić information content (AvgIpc) is 2.54. The zero-order chi connectivity index (χ0) is 19.4. The number of carbonyl (C=O) groups excluding carboxylic acids is 1. The molecule has 0 fully saturated rings. The molecule has 0 saturated carbocycles. The van der Waals surface area contributed by atoms with Gasteiger partial charge in [0.1, 0.15) is 0 Å². The van der Waals surface area contributed by atoms with E-state index in [0.717, 1.165) is 34.8 Å². The summed E-state index contributed by atoms with van der Waals surface area (Å²) in [5, 5.41) is 2.38. The van der Waals surface area contributed by atoms with Gasteiger partial charge in [0.05, 0.1) is 18.4 Å². The summed E-state index contributed by atoms with van der Waals surface area (Å²) in [6, 6.07) is 7.11. The second kappa shape index (κ2) is 7.83. The summed E-state index contributed by atoms with van der Waals surface area (Å²) in [5.74, 6) is -0.663. The number of pyridine rings is 1. The van der Waals surface area contributed by atoms with Crippen LogP contribution in [0.1, 0.15) is 11.1 Å². The Morgan fingerprint density at radius 2 is 1.69 bits per heavy atom. The number of anilines is 1. The summed E-state index contributed by atoms with van der Waals surface area (Å²) in [4.78, 5) is 15.9. The minimum Gasteiger partial charge on any atom is -0.325 e. The van der Waals surface area contributed by atoms with Crippen LogP contribution in [0.3, 0.4) is 0 Å². The topological polar surface area (TPSA) is 79.4 Å². The Labute approximate surface area is 148 Å². The molecule has 0 bridgehead atoms. The fourth-order valence-electron chi connectivity index (χ4n) is 2.09. The molecule has 10 heteroatoms. The first-order valence-electron chi connectivity index (χ1n) is 7.37. The molecule has 0 aliphatic heterocycles. The minimum atomic E-state index is -4.47. The third kappa shape index (κ3) is 5.81. The van der Waals surface area contributed by atoms with Crippen molar-refractivity contribution in [3.05, 3.63) is 59.9 Å². The van der Waals surface area contributed by atoms with Crippen molar-refractivity contribution in [2.75, 3.05) is 18.1 Å². The maximum Gasteiger partial charge on any atom is 0.416 e. The van der Waals surface area contributed by atoms with E-state index in [1.807, 2.05) is 0 Å². The summed E-state index contributed by atoms with van der Waals surface area (Å²) in [7, 11) is -3.67. The highest BCUT2D eigenvalue weighted by Gasteiger charge is 2.30. The van der Waals surface area contributed by atoms with E-state index in [2.05, 4.69) is 10.3 Å². The third-order valence-electron chi connectivity index (χ3n) is 3.39. The SMILES string of the molecule is CS(=O)(=O)N(CC(=O)Nc1ccc(C(F)(F)F)cc1)Cc1ccncc1. The van der Waals surface area contributed by atoms with Crippen LogP contribution in [0.2, 0.25) is 0 Å². The lowest BCUT2D eigenvalue weighted by Crippen LogP contribution is -2.36. The van der Waals surface area contributed by atoms with Crippen LogP contribution in [0.4, 0.5) is 18.9 Å². The van der Waals surface area contributed by atoms with Crippen molar-refractivity contribution in [1.29, 1.82) is 0 Å². The Morgan fingerprint density at radius 1 is 1.12 bits per heavy atom. The van der Waals surface area contributed by atoms with Gasteiger partial charge in [-0.3, -0.25) is 9.78 Å². The van der Waals surface area contributed by atoms with E-state index in [9.17, 15) is 26.4 Å². The van der Waals surface area contributed by atoms with Crippen LogP contribution >= 0.6 is 0 Å². The normalized spacial score (nSPS) is 12.2. The molecule has 0 aliphatic rings. The molecule has 0 radical (unpaired) electrons. The molecule has 0 saturated heterocycles. The number of alkyl halides is 3. The molecule has 2 rings (SSSR count). The summed E-state index contributed by atoms with van der Waals surface area (Å²) in [5.41, 5.74) is -0.0564. The highest BCUT2D eigenvalue weighted by Crippen LogP contribution is 2.29. The van der Waals surface area contributed by atoms with Crippen LogP contribution < -0.4 is 5.32 Å². The van der Waals surface area contributed by atoms with Crippen LogP contribution in [0, 0.1) is 0 Å². The molecule has 1 aromatic carbocycles. The molecule has 1 aromatic heterocycles. The van der Waals surface area contributed by atoms with Crippen molar-refractivity contribution in [3.63, 3.8) is 0 Å². The van der Waals surface area contributed by atoms with Crippen molar-refractivity contribution < 1.29 is 26.4 Å². The number of hydrogen-bond donors (Lipinski definition) is 1. The number of rotatable bonds is 6. The van der Waals surface area contributed by atoms with Crippen molar-refractivity contribution >= 4 is 21.6 Å². The van der Waals surface area contributed by atoms with E-state index in [1.54, 1.807) is 12.1 Å². The number of nitrogens with one attached hydrogen (secondary N) is 1. The summed E-state index contributed by atoms with van der Waals surface area (Å²) < 4.78 is 62.3. The van der Waals surface area contributed by atoms with Gasteiger partial charge in [-0.05, 0) is 42.0 Å². The number of sulfonamides is 1. The number of carbonyl (C=O) groups is 1. The van der Waals surface area contributed by atoms with Gasteiger partial charge < -0.3 is 5.32 Å². The minimum absolute atomic E-state index is 0.0260. The molecular weight excluding hydrogens is 371 g/mol. The lowest BCUT2D eigenvalue weighted by Gasteiger charge is -2.19. The second-order valence-electron chi connectivity index (χ2n) is 5.51. The van der Waals surface area contributed by atoms with Gasteiger partial charge in [0.25, 0.3) is 0 Å². The van der Waals surface area contributed by atoms with E-state index in [4.69, 9.17) is 0 Å². The Balaban J connectivity index is 2.05. The van der Waals surface area contributed by atoms with Crippen LogP contribution in [0.5, 0.6) is 0 Å². The number of benzene rings is 1. The summed E-state index contributed by atoms with van der Waals surface area (Å²) in [6.07, 6.45) is -0.504. The molecule has 26 heavy (non-hydrogen) atoms. The first-order chi connectivity index (χ1) is 12.1.